The van der Waals surface area contributed by atoms with Crippen LogP contribution in [0.1, 0.15) is 59.3 Å². The van der Waals surface area contributed by atoms with Crippen molar-refractivity contribution in [2.75, 3.05) is 6.54 Å². The predicted molar refractivity (Wildman–Crippen MR) is 71.7 cm³/mol. The molecule has 1 aliphatic rings. The third-order valence-corrected chi connectivity index (χ3v) is 4.17. The first-order chi connectivity index (χ1) is 8.11. The fourth-order valence-electron chi connectivity index (χ4n) is 2.58. The van der Waals surface area contributed by atoms with Crippen molar-refractivity contribution < 1.29 is 4.79 Å². The van der Waals surface area contributed by atoms with E-state index in [9.17, 15) is 4.79 Å². The molecule has 2 N–H and O–H groups in total. The molecular weight excluding hydrogens is 212 g/mol. The summed E-state index contributed by atoms with van der Waals surface area (Å²) in [6, 6.07) is 0.104. The minimum atomic E-state index is -0.313. The summed E-state index contributed by atoms with van der Waals surface area (Å²) in [5.74, 6) is 0.455. The van der Waals surface area contributed by atoms with Gasteiger partial charge in [0, 0.05) is 12.6 Å². The molecular formula is C14H28N2O. The molecule has 0 bridgehead atoms. The molecule has 0 aliphatic carbocycles. The molecule has 100 valence electrons. The summed E-state index contributed by atoms with van der Waals surface area (Å²) in [6.07, 6.45) is 6.81. The maximum absolute atomic E-state index is 12.4. The zero-order chi connectivity index (χ0) is 12.8. The molecule has 0 aromatic carbocycles. The second kappa shape index (κ2) is 7.00. The average molecular weight is 240 g/mol. The van der Waals surface area contributed by atoms with E-state index in [0.29, 0.717) is 6.04 Å². The fraction of sp³-hybridized carbons (Fsp3) is 0.929. The Morgan fingerprint density at radius 3 is 2.65 bits per heavy atom. The van der Waals surface area contributed by atoms with Crippen molar-refractivity contribution in [3.05, 3.63) is 0 Å². The molecule has 3 heteroatoms. The molecule has 0 spiro atoms. The highest BCUT2D eigenvalue weighted by molar-refractivity contribution is 5.82. The summed E-state index contributed by atoms with van der Waals surface area (Å²) in [4.78, 5) is 14.5. The van der Waals surface area contributed by atoms with Crippen molar-refractivity contribution in [3.63, 3.8) is 0 Å². The van der Waals surface area contributed by atoms with E-state index < -0.39 is 0 Å². The first-order valence-electron chi connectivity index (χ1n) is 7.17. The maximum Gasteiger partial charge on any atom is 0.240 e. The lowest BCUT2D eigenvalue weighted by Gasteiger charge is -2.33. The highest BCUT2D eigenvalue weighted by Crippen LogP contribution is 2.21. The van der Waals surface area contributed by atoms with Crippen LogP contribution in [0.15, 0.2) is 0 Å². The largest absolute Gasteiger partial charge is 0.338 e. The van der Waals surface area contributed by atoms with Crippen LogP contribution in [0.3, 0.4) is 0 Å². The Morgan fingerprint density at radius 2 is 2.06 bits per heavy atom. The van der Waals surface area contributed by atoms with Crippen molar-refractivity contribution in [2.45, 2.75) is 71.4 Å². The molecule has 3 atom stereocenters. The zero-order valence-corrected chi connectivity index (χ0v) is 11.6. The number of nitrogens with zero attached hydrogens (tertiary/aromatic N) is 1. The molecule has 3 nitrogen and oxygen atoms in total. The lowest BCUT2D eigenvalue weighted by Crippen LogP contribution is -2.50. The van der Waals surface area contributed by atoms with Crippen LogP contribution in [0.5, 0.6) is 0 Å². The monoisotopic (exact) mass is 240 g/mol. The van der Waals surface area contributed by atoms with Crippen LogP contribution in [0.2, 0.25) is 0 Å². The Balaban J connectivity index is 2.69. The fourth-order valence-corrected chi connectivity index (χ4v) is 2.58. The number of likely N-dealkylation sites (tertiary alicyclic amines) is 1. The zero-order valence-electron chi connectivity index (χ0n) is 11.6. The number of carbonyl (C=O) groups excluding carboxylic acids is 1. The van der Waals surface area contributed by atoms with Gasteiger partial charge in [-0.1, -0.05) is 40.0 Å². The van der Waals surface area contributed by atoms with Gasteiger partial charge in [0.25, 0.3) is 0 Å². The molecule has 0 aromatic heterocycles. The van der Waals surface area contributed by atoms with Crippen molar-refractivity contribution in [3.8, 4) is 0 Å². The van der Waals surface area contributed by atoms with Crippen LogP contribution in [-0.4, -0.2) is 29.4 Å². The van der Waals surface area contributed by atoms with Crippen molar-refractivity contribution >= 4 is 5.91 Å². The van der Waals surface area contributed by atoms with E-state index in [-0.39, 0.29) is 17.9 Å². The van der Waals surface area contributed by atoms with Crippen molar-refractivity contribution in [2.24, 2.45) is 11.7 Å². The van der Waals surface area contributed by atoms with E-state index in [0.717, 1.165) is 32.2 Å². The summed E-state index contributed by atoms with van der Waals surface area (Å²) in [5, 5.41) is 0. The third-order valence-electron chi connectivity index (χ3n) is 4.17. The quantitative estimate of drug-likeness (QED) is 0.821. The van der Waals surface area contributed by atoms with Gasteiger partial charge in [0.15, 0.2) is 0 Å². The summed E-state index contributed by atoms with van der Waals surface area (Å²) < 4.78 is 0. The first kappa shape index (κ1) is 14.5. The number of nitrogens with two attached hydrogens (primary N) is 1. The van der Waals surface area contributed by atoms with Gasteiger partial charge in [-0.25, -0.2) is 0 Å². The molecule has 1 amide bonds. The summed E-state index contributed by atoms with van der Waals surface area (Å²) in [7, 11) is 0. The minimum absolute atomic E-state index is 0.174. The molecule has 0 saturated carbocycles. The lowest BCUT2D eigenvalue weighted by molar-refractivity contribution is -0.136. The lowest BCUT2D eigenvalue weighted by atomic mass is 9.97. The number of rotatable bonds is 4. The third kappa shape index (κ3) is 3.70. The first-order valence-corrected chi connectivity index (χ1v) is 7.17. The molecule has 0 aromatic rings. The van der Waals surface area contributed by atoms with Crippen molar-refractivity contribution in [1.82, 2.24) is 4.90 Å². The van der Waals surface area contributed by atoms with E-state index in [1.807, 2.05) is 0 Å². The molecule has 1 fully saturated rings. The summed E-state index contributed by atoms with van der Waals surface area (Å²) in [6.45, 7) is 7.24. The van der Waals surface area contributed by atoms with Gasteiger partial charge in [-0.05, 0) is 25.2 Å². The van der Waals surface area contributed by atoms with Gasteiger partial charge >= 0.3 is 0 Å². The van der Waals surface area contributed by atoms with Crippen molar-refractivity contribution in [1.29, 1.82) is 0 Å². The molecule has 0 radical (unpaired) electrons. The van der Waals surface area contributed by atoms with E-state index in [4.69, 9.17) is 5.73 Å². The smallest absolute Gasteiger partial charge is 0.240 e. The highest BCUT2D eigenvalue weighted by atomic mass is 16.2. The molecule has 1 saturated heterocycles. The van der Waals surface area contributed by atoms with Gasteiger partial charge in [0.1, 0.15) is 0 Å². The van der Waals surface area contributed by atoms with Gasteiger partial charge < -0.3 is 10.6 Å². The van der Waals surface area contributed by atoms with Crippen LogP contribution in [-0.2, 0) is 4.79 Å². The maximum atomic E-state index is 12.4. The normalized spacial score (nSPS) is 25.2. The standard InChI is InChI=1S/C14H28N2O/c1-4-11(3)13(15)14(17)16-10-8-6-7-9-12(16)5-2/h11-13H,4-10,15H2,1-3H3/t11-,12?,13-/m0/s1. The molecule has 1 heterocycles. The van der Waals surface area contributed by atoms with Crippen LogP contribution in [0.25, 0.3) is 0 Å². The minimum Gasteiger partial charge on any atom is -0.338 e. The summed E-state index contributed by atoms with van der Waals surface area (Å²) >= 11 is 0. The van der Waals surface area contributed by atoms with Gasteiger partial charge in [0.05, 0.1) is 6.04 Å². The average Bonchev–Trinajstić information content (AvgIpc) is 2.60. The van der Waals surface area contributed by atoms with Crippen LogP contribution in [0.4, 0.5) is 0 Å². The van der Waals surface area contributed by atoms with E-state index in [1.165, 1.54) is 12.8 Å². The van der Waals surface area contributed by atoms with Crippen LogP contribution >= 0.6 is 0 Å². The van der Waals surface area contributed by atoms with E-state index in [1.54, 1.807) is 0 Å². The summed E-state index contributed by atoms with van der Waals surface area (Å²) in [5.41, 5.74) is 6.08. The van der Waals surface area contributed by atoms with E-state index in [2.05, 4.69) is 25.7 Å². The van der Waals surface area contributed by atoms with E-state index >= 15 is 0 Å². The Bertz CT molecular complexity index is 242. The Hall–Kier alpha value is -0.570. The topological polar surface area (TPSA) is 46.3 Å². The molecule has 1 unspecified atom stereocenters. The second-order valence-electron chi connectivity index (χ2n) is 5.35. The molecule has 1 rings (SSSR count). The number of amides is 1. The number of hydrogen-bond acceptors (Lipinski definition) is 2. The van der Waals surface area contributed by atoms with Gasteiger partial charge in [0.2, 0.25) is 5.91 Å². The number of carbonyl (C=O) groups is 1. The SMILES string of the molecule is CCC1CCCCCN1C(=O)[C@@H](N)[C@@H](C)CC. The second-order valence-corrected chi connectivity index (χ2v) is 5.35. The van der Waals surface area contributed by atoms with Gasteiger partial charge in [-0.2, -0.15) is 0 Å². The van der Waals surface area contributed by atoms with Gasteiger partial charge in [-0.15, -0.1) is 0 Å². The van der Waals surface area contributed by atoms with Crippen LogP contribution in [0, 0.1) is 5.92 Å². The van der Waals surface area contributed by atoms with Gasteiger partial charge in [-0.3, -0.25) is 4.79 Å². The van der Waals surface area contributed by atoms with Crippen LogP contribution < -0.4 is 5.73 Å². The molecule has 1 aliphatic heterocycles. The Morgan fingerprint density at radius 1 is 1.35 bits per heavy atom. The number of hydrogen-bond donors (Lipinski definition) is 1. The Kier molecular flexibility index (Phi) is 5.96. The predicted octanol–water partition coefficient (Wildman–Crippen LogP) is 2.54. The Labute approximate surface area is 106 Å². The molecule has 17 heavy (non-hydrogen) atoms. The highest BCUT2D eigenvalue weighted by Gasteiger charge is 2.29.